The number of hydrogen-bond donors (Lipinski definition) is 2. The lowest BCUT2D eigenvalue weighted by Crippen LogP contribution is -2.42. The molecule has 0 bridgehead atoms. The summed E-state index contributed by atoms with van der Waals surface area (Å²) in [6.07, 6.45) is 0.125. The van der Waals surface area contributed by atoms with Crippen molar-refractivity contribution in [1.82, 2.24) is 5.32 Å². The molecule has 7 nitrogen and oxygen atoms in total. The summed E-state index contributed by atoms with van der Waals surface area (Å²) in [6, 6.07) is 10.2. The van der Waals surface area contributed by atoms with Gasteiger partial charge in [0, 0.05) is 39.7 Å². The van der Waals surface area contributed by atoms with Crippen LogP contribution < -0.4 is 20.4 Å². The fraction of sp³-hybridized carbons (Fsp3) is 0.304. The minimum Gasteiger partial charge on any atom is -0.383 e. The molecule has 0 fully saturated rings. The van der Waals surface area contributed by atoms with Crippen LogP contribution in [0.1, 0.15) is 6.42 Å². The second-order valence-electron chi connectivity index (χ2n) is 7.48. The van der Waals surface area contributed by atoms with Crippen molar-refractivity contribution < 1.29 is 23.1 Å². The van der Waals surface area contributed by atoms with Gasteiger partial charge < -0.3 is 25.2 Å². The molecule has 168 valence electrons. The molecule has 4 rings (SSSR count). The lowest BCUT2D eigenvalue weighted by molar-refractivity contribution is -0.120. The molecule has 2 aliphatic heterocycles. The van der Waals surface area contributed by atoms with Gasteiger partial charge in [-0.3, -0.25) is 9.59 Å². The quantitative estimate of drug-likeness (QED) is 0.484. The third kappa shape index (κ3) is 4.21. The number of Topliss-reactive ketones (excluding diaryl/α,β-unsaturated/α-hetero) is 1. The zero-order chi connectivity index (χ0) is 22.7. The number of carbonyl (C=O) groups excluding carboxylic acids is 2. The zero-order valence-electron chi connectivity index (χ0n) is 17.7. The van der Waals surface area contributed by atoms with Crippen LogP contribution in [0.25, 0.3) is 0 Å². The lowest BCUT2D eigenvalue weighted by Gasteiger charge is -2.31. The van der Waals surface area contributed by atoms with E-state index in [0.29, 0.717) is 44.3 Å². The Labute approximate surface area is 184 Å². The van der Waals surface area contributed by atoms with E-state index in [1.807, 2.05) is 4.90 Å². The molecule has 9 heteroatoms. The summed E-state index contributed by atoms with van der Waals surface area (Å²) < 4.78 is 33.2. The van der Waals surface area contributed by atoms with E-state index in [1.54, 1.807) is 24.1 Å². The monoisotopic (exact) mass is 442 g/mol. The Hall–Kier alpha value is -3.30. The summed E-state index contributed by atoms with van der Waals surface area (Å²) in [5.74, 6) is -1.64. The number of methoxy groups -OCH3 is 1. The predicted molar refractivity (Wildman–Crippen MR) is 118 cm³/mol. The molecule has 0 unspecified atom stereocenters. The topological polar surface area (TPSA) is 73.9 Å². The number of amides is 1. The maximum Gasteiger partial charge on any atom is 0.263 e. The Bertz CT molecular complexity index is 1070. The number of nitrogens with zero attached hydrogens (tertiary/aromatic N) is 2. The Morgan fingerprint density at radius 3 is 2.72 bits per heavy atom. The van der Waals surface area contributed by atoms with Gasteiger partial charge in [-0.2, -0.15) is 0 Å². The number of carbonyl (C=O) groups is 2. The average molecular weight is 442 g/mol. The number of fused-ring (bicyclic) bond motifs is 3. The summed E-state index contributed by atoms with van der Waals surface area (Å²) in [7, 11) is 1.61. The molecule has 0 aliphatic carbocycles. The summed E-state index contributed by atoms with van der Waals surface area (Å²) in [4.78, 5) is 29.6. The highest BCUT2D eigenvalue weighted by atomic mass is 19.1. The van der Waals surface area contributed by atoms with Crippen molar-refractivity contribution in [3.63, 3.8) is 0 Å². The standard InChI is InChI=1S/C23H24F2N4O3/c1-32-13-10-26-9-12-29-19-14-15(24)6-7-18(19)28-11-8-20(30)21(23(28)29)22(31)27-17-5-3-2-4-16(17)25/h2-7,14,26H,8-13H2,1H3,(H,27,31). The molecule has 0 atom stereocenters. The van der Waals surface area contributed by atoms with Crippen LogP contribution in [0.2, 0.25) is 0 Å². The third-order valence-corrected chi connectivity index (χ3v) is 5.44. The SMILES string of the molecule is COCCNCCN1C2=C(C(=O)Nc3ccccc3F)C(=O)CCN2c2ccc(F)cc21. The summed E-state index contributed by atoms with van der Waals surface area (Å²) in [6.45, 7) is 2.46. The molecular formula is C23H24F2N4O3. The molecule has 0 spiro atoms. The first-order valence-electron chi connectivity index (χ1n) is 10.4. The van der Waals surface area contributed by atoms with E-state index < -0.39 is 17.5 Å². The van der Waals surface area contributed by atoms with E-state index in [2.05, 4.69) is 10.6 Å². The lowest BCUT2D eigenvalue weighted by atomic mass is 10.0. The third-order valence-electron chi connectivity index (χ3n) is 5.44. The van der Waals surface area contributed by atoms with Gasteiger partial charge in [-0.05, 0) is 30.3 Å². The summed E-state index contributed by atoms with van der Waals surface area (Å²) in [5, 5.41) is 5.73. The largest absolute Gasteiger partial charge is 0.383 e. The molecule has 2 aromatic rings. The van der Waals surface area contributed by atoms with Gasteiger partial charge in [-0.15, -0.1) is 0 Å². The minimum atomic E-state index is -0.689. The number of ketones is 1. The fourth-order valence-electron chi connectivity index (χ4n) is 3.97. The van der Waals surface area contributed by atoms with Gasteiger partial charge in [0.25, 0.3) is 5.91 Å². The molecular weight excluding hydrogens is 418 g/mol. The highest BCUT2D eigenvalue weighted by molar-refractivity contribution is 6.25. The molecule has 0 radical (unpaired) electrons. The molecule has 2 aromatic carbocycles. The van der Waals surface area contributed by atoms with Crippen LogP contribution in [-0.4, -0.2) is 51.6 Å². The van der Waals surface area contributed by atoms with Crippen LogP contribution in [0.15, 0.2) is 53.9 Å². The Morgan fingerprint density at radius 1 is 1.12 bits per heavy atom. The van der Waals surface area contributed by atoms with Crippen molar-refractivity contribution in [1.29, 1.82) is 0 Å². The van der Waals surface area contributed by atoms with E-state index in [4.69, 9.17) is 4.74 Å². The van der Waals surface area contributed by atoms with Crippen molar-refractivity contribution in [2.45, 2.75) is 6.42 Å². The molecule has 0 saturated heterocycles. The van der Waals surface area contributed by atoms with Crippen LogP contribution >= 0.6 is 0 Å². The van der Waals surface area contributed by atoms with Crippen LogP contribution in [0.3, 0.4) is 0 Å². The number of ether oxygens (including phenoxy) is 1. The average Bonchev–Trinajstić information content (AvgIpc) is 3.07. The number of para-hydroxylation sites is 1. The number of nitrogens with one attached hydrogen (secondary N) is 2. The summed E-state index contributed by atoms with van der Waals surface area (Å²) in [5.41, 5.74) is 1.24. The first kappa shape index (κ1) is 21.9. The normalized spacial score (nSPS) is 15.2. The second kappa shape index (κ2) is 9.46. The Morgan fingerprint density at radius 2 is 1.94 bits per heavy atom. The number of benzene rings is 2. The van der Waals surface area contributed by atoms with Gasteiger partial charge in [0.15, 0.2) is 5.78 Å². The van der Waals surface area contributed by atoms with Crippen LogP contribution in [0.4, 0.5) is 25.8 Å². The van der Waals surface area contributed by atoms with Gasteiger partial charge in [0.1, 0.15) is 23.0 Å². The highest BCUT2D eigenvalue weighted by Gasteiger charge is 2.41. The Balaban J connectivity index is 1.70. The first-order valence-corrected chi connectivity index (χ1v) is 10.4. The van der Waals surface area contributed by atoms with E-state index in [9.17, 15) is 18.4 Å². The summed E-state index contributed by atoms with van der Waals surface area (Å²) >= 11 is 0. The van der Waals surface area contributed by atoms with Gasteiger partial charge in [0.2, 0.25) is 0 Å². The molecule has 1 amide bonds. The highest BCUT2D eigenvalue weighted by Crippen LogP contribution is 2.45. The number of halogens is 2. The fourth-order valence-corrected chi connectivity index (χ4v) is 3.97. The maximum atomic E-state index is 14.1. The van der Waals surface area contributed by atoms with Crippen LogP contribution in [0, 0.1) is 11.6 Å². The van der Waals surface area contributed by atoms with E-state index >= 15 is 0 Å². The predicted octanol–water partition coefficient (Wildman–Crippen LogP) is 2.65. The maximum absolute atomic E-state index is 14.1. The van der Waals surface area contributed by atoms with Crippen LogP contribution in [0.5, 0.6) is 0 Å². The number of anilines is 3. The minimum absolute atomic E-state index is 0.00939. The van der Waals surface area contributed by atoms with Gasteiger partial charge in [0.05, 0.1) is 23.7 Å². The first-order chi connectivity index (χ1) is 15.5. The number of hydrogen-bond acceptors (Lipinski definition) is 6. The van der Waals surface area contributed by atoms with E-state index in [-0.39, 0.29) is 23.5 Å². The molecule has 32 heavy (non-hydrogen) atoms. The zero-order valence-corrected chi connectivity index (χ0v) is 17.7. The smallest absolute Gasteiger partial charge is 0.263 e. The van der Waals surface area contributed by atoms with Crippen molar-refractivity contribution >= 4 is 28.8 Å². The van der Waals surface area contributed by atoms with Gasteiger partial charge in [-0.1, -0.05) is 12.1 Å². The van der Waals surface area contributed by atoms with Gasteiger partial charge in [-0.25, -0.2) is 8.78 Å². The number of rotatable bonds is 8. The van der Waals surface area contributed by atoms with Crippen molar-refractivity contribution in [2.75, 3.05) is 55.0 Å². The van der Waals surface area contributed by atoms with Crippen molar-refractivity contribution in [2.24, 2.45) is 0 Å². The molecule has 0 aromatic heterocycles. The van der Waals surface area contributed by atoms with Gasteiger partial charge >= 0.3 is 0 Å². The van der Waals surface area contributed by atoms with Crippen molar-refractivity contribution in [3.8, 4) is 0 Å². The molecule has 2 aliphatic rings. The molecule has 2 N–H and O–H groups in total. The Kier molecular flexibility index (Phi) is 6.48. The molecule has 2 heterocycles. The van der Waals surface area contributed by atoms with E-state index in [1.165, 1.54) is 30.3 Å². The second-order valence-corrected chi connectivity index (χ2v) is 7.48. The molecule has 0 saturated carbocycles. The van der Waals surface area contributed by atoms with E-state index in [0.717, 1.165) is 5.69 Å². The van der Waals surface area contributed by atoms with Crippen molar-refractivity contribution in [3.05, 3.63) is 65.5 Å². The van der Waals surface area contributed by atoms with Crippen LogP contribution in [-0.2, 0) is 14.3 Å².